The Labute approximate surface area is 136 Å². The molecule has 0 saturated carbocycles. The molecule has 2 N–H and O–H groups in total. The smallest absolute Gasteiger partial charge is 0.433 e. The minimum Gasteiger partial charge on any atom is -0.497 e. The van der Waals surface area contributed by atoms with Gasteiger partial charge in [-0.05, 0) is 24.3 Å². The van der Waals surface area contributed by atoms with Crippen molar-refractivity contribution in [1.82, 2.24) is 9.97 Å². The summed E-state index contributed by atoms with van der Waals surface area (Å²) in [4.78, 5) is 7.08. The second kappa shape index (κ2) is 7.35. The van der Waals surface area contributed by atoms with Gasteiger partial charge in [0.15, 0.2) is 0 Å². The predicted octanol–water partition coefficient (Wildman–Crippen LogP) is 2.66. The highest BCUT2D eigenvalue weighted by molar-refractivity contribution is 5.42. The number of aliphatic hydroxyl groups is 1. The van der Waals surface area contributed by atoms with Crippen LogP contribution >= 0.6 is 0 Å². The molecule has 0 spiro atoms. The van der Waals surface area contributed by atoms with Gasteiger partial charge in [-0.2, -0.15) is 13.2 Å². The van der Waals surface area contributed by atoms with Crippen molar-refractivity contribution in [3.05, 3.63) is 41.7 Å². The van der Waals surface area contributed by atoms with Crippen LogP contribution in [0.1, 0.15) is 17.4 Å². The zero-order valence-corrected chi connectivity index (χ0v) is 13.0. The van der Waals surface area contributed by atoms with Crippen LogP contribution in [0.2, 0.25) is 0 Å². The van der Waals surface area contributed by atoms with Gasteiger partial charge in [-0.3, -0.25) is 0 Å². The first-order valence-corrected chi connectivity index (χ1v) is 6.89. The maximum Gasteiger partial charge on any atom is 0.433 e. The van der Waals surface area contributed by atoms with Gasteiger partial charge in [-0.25, -0.2) is 9.97 Å². The monoisotopic (exact) mass is 343 g/mol. The van der Waals surface area contributed by atoms with Crippen LogP contribution in [0.25, 0.3) is 0 Å². The molecule has 0 saturated heterocycles. The quantitative estimate of drug-likeness (QED) is 0.840. The lowest BCUT2D eigenvalue weighted by Gasteiger charge is -2.16. The summed E-state index contributed by atoms with van der Waals surface area (Å²) in [7, 11) is 2.92. The highest BCUT2D eigenvalue weighted by Crippen LogP contribution is 2.30. The van der Waals surface area contributed by atoms with E-state index in [1.165, 1.54) is 14.2 Å². The molecule has 0 radical (unpaired) electrons. The van der Waals surface area contributed by atoms with E-state index in [0.29, 0.717) is 17.1 Å². The molecule has 1 heterocycles. The van der Waals surface area contributed by atoms with E-state index in [1.54, 1.807) is 18.2 Å². The molecule has 0 amide bonds. The third-order valence-corrected chi connectivity index (χ3v) is 3.20. The molecule has 2 rings (SSSR count). The lowest BCUT2D eigenvalue weighted by molar-refractivity contribution is -0.141. The van der Waals surface area contributed by atoms with Crippen molar-refractivity contribution in [3.8, 4) is 11.5 Å². The van der Waals surface area contributed by atoms with Crippen molar-refractivity contribution in [2.45, 2.75) is 12.3 Å². The number of hydrogen-bond donors (Lipinski definition) is 2. The van der Waals surface area contributed by atoms with Crippen LogP contribution in [0.3, 0.4) is 0 Å². The molecule has 0 bridgehead atoms. The number of nitrogens with one attached hydrogen (secondary N) is 1. The number of nitrogens with zero attached hydrogens (tertiary/aromatic N) is 2. The van der Waals surface area contributed by atoms with E-state index in [4.69, 9.17) is 9.47 Å². The summed E-state index contributed by atoms with van der Waals surface area (Å²) in [6.45, 7) is -0.106. The average molecular weight is 343 g/mol. The molecule has 24 heavy (non-hydrogen) atoms. The minimum absolute atomic E-state index is 0.106. The van der Waals surface area contributed by atoms with Crippen LogP contribution in [0, 0.1) is 0 Å². The summed E-state index contributed by atoms with van der Waals surface area (Å²) < 4.78 is 48.1. The van der Waals surface area contributed by atoms with Gasteiger partial charge in [0.05, 0.1) is 20.3 Å². The van der Waals surface area contributed by atoms with Crippen molar-refractivity contribution in [3.63, 3.8) is 0 Å². The second-order valence-corrected chi connectivity index (χ2v) is 4.77. The highest BCUT2D eigenvalue weighted by atomic mass is 19.4. The Bertz CT molecular complexity index is 695. The molecular formula is C15H16F3N3O3. The van der Waals surface area contributed by atoms with E-state index in [2.05, 4.69) is 15.3 Å². The van der Waals surface area contributed by atoms with Gasteiger partial charge in [0, 0.05) is 18.3 Å². The molecule has 0 fully saturated rings. The van der Waals surface area contributed by atoms with Gasteiger partial charge in [0.2, 0.25) is 5.95 Å². The Hall–Kier alpha value is -2.55. The minimum atomic E-state index is -4.56. The number of halogens is 3. The largest absolute Gasteiger partial charge is 0.497 e. The van der Waals surface area contributed by atoms with Gasteiger partial charge in [0.25, 0.3) is 0 Å². The summed E-state index contributed by atoms with van der Waals surface area (Å²) in [5.74, 6) is 0.709. The first-order valence-electron chi connectivity index (χ1n) is 6.89. The van der Waals surface area contributed by atoms with Gasteiger partial charge in [-0.1, -0.05) is 0 Å². The van der Waals surface area contributed by atoms with Gasteiger partial charge >= 0.3 is 6.18 Å². The van der Waals surface area contributed by atoms with Gasteiger partial charge in [-0.15, -0.1) is 0 Å². The Morgan fingerprint density at radius 2 is 1.96 bits per heavy atom. The third-order valence-electron chi connectivity index (χ3n) is 3.20. The first-order chi connectivity index (χ1) is 11.3. The Kier molecular flexibility index (Phi) is 5.45. The summed E-state index contributed by atoms with van der Waals surface area (Å²) in [6, 6.07) is 5.64. The summed E-state index contributed by atoms with van der Waals surface area (Å²) in [6.07, 6.45) is -4.63. The van der Waals surface area contributed by atoms with E-state index in [0.717, 1.165) is 12.3 Å². The number of methoxy groups -OCH3 is 2. The van der Waals surface area contributed by atoms with E-state index in [-0.39, 0.29) is 12.5 Å². The van der Waals surface area contributed by atoms with Crippen LogP contribution in [-0.2, 0) is 6.18 Å². The van der Waals surface area contributed by atoms with Crippen LogP contribution in [0.4, 0.5) is 19.1 Å². The van der Waals surface area contributed by atoms with Gasteiger partial charge in [0.1, 0.15) is 17.2 Å². The number of alkyl halides is 3. The predicted molar refractivity (Wildman–Crippen MR) is 80.0 cm³/mol. The van der Waals surface area contributed by atoms with Crippen molar-refractivity contribution >= 4 is 5.95 Å². The zero-order valence-electron chi connectivity index (χ0n) is 13.0. The van der Waals surface area contributed by atoms with E-state index in [9.17, 15) is 18.3 Å². The zero-order chi connectivity index (χ0) is 17.7. The van der Waals surface area contributed by atoms with Crippen LogP contribution in [-0.4, -0.2) is 35.8 Å². The number of anilines is 1. The van der Waals surface area contributed by atoms with Crippen molar-refractivity contribution in [2.24, 2.45) is 0 Å². The van der Waals surface area contributed by atoms with Crippen LogP contribution < -0.4 is 14.8 Å². The molecule has 9 heteroatoms. The molecule has 1 aromatic heterocycles. The number of aromatic nitrogens is 2. The van der Waals surface area contributed by atoms with Crippen molar-refractivity contribution in [2.75, 3.05) is 26.1 Å². The Morgan fingerprint density at radius 3 is 2.58 bits per heavy atom. The van der Waals surface area contributed by atoms with E-state index in [1.807, 2.05) is 0 Å². The molecule has 0 unspecified atom stereocenters. The summed E-state index contributed by atoms with van der Waals surface area (Å²) in [5, 5.41) is 12.8. The standard InChI is InChI=1S/C15H16F3N3O3/c1-23-9-3-4-12(24-2)10(7-9)11(22)8-20-14-19-6-5-13(21-14)15(16,17)18/h3-7,11,22H,8H2,1-2H3,(H,19,20,21)/t11-/m1/s1. The first kappa shape index (κ1) is 17.8. The fourth-order valence-corrected chi connectivity index (χ4v) is 2.00. The molecule has 6 nitrogen and oxygen atoms in total. The Morgan fingerprint density at radius 1 is 1.21 bits per heavy atom. The van der Waals surface area contributed by atoms with Gasteiger partial charge < -0.3 is 19.9 Å². The molecule has 130 valence electrons. The Balaban J connectivity index is 2.12. The molecule has 0 aliphatic carbocycles. The number of benzene rings is 1. The second-order valence-electron chi connectivity index (χ2n) is 4.77. The molecule has 0 aliphatic rings. The van der Waals surface area contributed by atoms with Crippen LogP contribution in [0.15, 0.2) is 30.5 Å². The third kappa shape index (κ3) is 4.25. The summed E-state index contributed by atoms with van der Waals surface area (Å²) >= 11 is 0. The van der Waals surface area contributed by atoms with Crippen LogP contribution in [0.5, 0.6) is 11.5 Å². The molecular weight excluding hydrogens is 327 g/mol. The van der Waals surface area contributed by atoms with Crippen molar-refractivity contribution < 1.29 is 27.8 Å². The molecule has 2 aromatic rings. The number of ether oxygens (including phenoxy) is 2. The fraction of sp³-hybridized carbons (Fsp3) is 0.333. The highest BCUT2D eigenvalue weighted by Gasteiger charge is 2.32. The number of rotatable bonds is 6. The molecule has 0 aliphatic heterocycles. The topological polar surface area (TPSA) is 76.5 Å². The lowest BCUT2D eigenvalue weighted by atomic mass is 10.1. The maximum absolute atomic E-state index is 12.6. The average Bonchev–Trinajstić information content (AvgIpc) is 2.58. The molecule has 1 atom stereocenters. The molecule has 1 aromatic carbocycles. The maximum atomic E-state index is 12.6. The van der Waals surface area contributed by atoms with E-state index >= 15 is 0 Å². The van der Waals surface area contributed by atoms with Crippen molar-refractivity contribution in [1.29, 1.82) is 0 Å². The number of hydrogen-bond acceptors (Lipinski definition) is 6. The van der Waals surface area contributed by atoms with E-state index < -0.39 is 18.0 Å². The number of aliphatic hydroxyl groups excluding tert-OH is 1. The SMILES string of the molecule is COc1ccc(OC)c([C@H](O)CNc2nccc(C(F)(F)F)n2)c1. The summed E-state index contributed by atoms with van der Waals surface area (Å²) in [5.41, 5.74) is -0.634. The normalized spacial score (nSPS) is 12.6. The lowest BCUT2D eigenvalue weighted by Crippen LogP contribution is -2.16. The fourth-order valence-electron chi connectivity index (χ4n) is 2.00.